The molecule has 0 aliphatic carbocycles. The van der Waals surface area contributed by atoms with Gasteiger partial charge in [0.05, 0.1) is 24.2 Å². The third-order valence-corrected chi connectivity index (χ3v) is 3.62. The third kappa shape index (κ3) is 3.99. The highest BCUT2D eigenvalue weighted by atomic mass is 35.5. The first kappa shape index (κ1) is 15.4. The fraction of sp³-hybridized carbons (Fsp3) is 0.154. The van der Waals surface area contributed by atoms with Crippen molar-refractivity contribution in [2.75, 3.05) is 12.4 Å². The molecule has 0 aliphatic rings. The number of thiazole rings is 1. The Kier molecular flexibility index (Phi) is 4.87. The van der Waals surface area contributed by atoms with Crippen molar-refractivity contribution in [3.8, 4) is 0 Å². The molecule has 0 aliphatic heterocycles. The summed E-state index contributed by atoms with van der Waals surface area (Å²) in [5, 5.41) is 4.42. The molecular formula is C13H10ClFN2O3S. The van der Waals surface area contributed by atoms with Crippen LogP contribution < -0.4 is 5.32 Å². The number of hydrogen-bond acceptors (Lipinski definition) is 5. The van der Waals surface area contributed by atoms with E-state index in [4.69, 9.17) is 11.6 Å². The Labute approximate surface area is 128 Å². The molecule has 0 atom stereocenters. The van der Waals surface area contributed by atoms with E-state index in [9.17, 15) is 14.0 Å². The fourth-order valence-electron chi connectivity index (χ4n) is 1.47. The van der Waals surface area contributed by atoms with Crippen molar-refractivity contribution in [2.24, 2.45) is 0 Å². The van der Waals surface area contributed by atoms with Gasteiger partial charge in [-0.25, -0.2) is 9.37 Å². The minimum atomic E-state index is -0.671. The smallest absolute Gasteiger partial charge is 0.311 e. The fourth-order valence-corrected chi connectivity index (χ4v) is 2.30. The molecule has 1 amide bonds. The average Bonchev–Trinajstić information content (AvgIpc) is 2.88. The lowest BCUT2D eigenvalue weighted by atomic mass is 10.2. The predicted octanol–water partition coefficient (Wildman–Crippen LogP) is 2.90. The van der Waals surface area contributed by atoms with Gasteiger partial charge in [-0.15, -0.1) is 11.3 Å². The maximum atomic E-state index is 13.3. The van der Waals surface area contributed by atoms with E-state index in [2.05, 4.69) is 15.0 Å². The average molecular weight is 329 g/mol. The van der Waals surface area contributed by atoms with Crippen LogP contribution in [0.2, 0.25) is 5.02 Å². The van der Waals surface area contributed by atoms with E-state index in [-0.39, 0.29) is 17.0 Å². The van der Waals surface area contributed by atoms with Crippen LogP contribution in [0.3, 0.4) is 0 Å². The quantitative estimate of drug-likeness (QED) is 0.876. The van der Waals surface area contributed by atoms with E-state index in [1.807, 2.05) is 0 Å². The van der Waals surface area contributed by atoms with E-state index >= 15 is 0 Å². The molecule has 1 heterocycles. The van der Waals surface area contributed by atoms with E-state index in [1.54, 1.807) is 5.38 Å². The number of benzene rings is 1. The highest BCUT2D eigenvalue weighted by Crippen LogP contribution is 2.19. The first-order valence-corrected chi connectivity index (χ1v) is 7.03. The summed E-state index contributed by atoms with van der Waals surface area (Å²) in [4.78, 5) is 27.1. The van der Waals surface area contributed by atoms with Crippen LogP contribution in [0.5, 0.6) is 0 Å². The van der Waals surface area contributed by atoms with Crippen molar-refractivity contribution in [3.63, 3.8) is 0 Å². The van der Waals surface area contributed by atoms with Crippen molar-refractivity contribution in [1.82, 2.24) is 4.98 Å². The molecule has 1 aromatic carbocycles. The molecule has 0 spiro atoms. The second-order valence-electron chi connectivity index (χ2n) is 3.98. The number of carbonyl (C=O) groups is 2. The normalized spacial score (nSPS) is 10.2. The zero-order valence-electron chi connectivity index (χ0n) is 10.9. The molecule has 0 radical (unpaired) electrons. The van der Waals surface area contributed by atoms with Crippen LogP contribution in [0.4, 0.5) is 9.52 Å². The van der Waals surface area contributed by atoms with E-state index in [1.165, 1.54) is 19.2 Å². The van der Waals surface area contributed by atoms with Gasteiger partial charge in [0, 0.05) is 10.9 Å². The Balaban J connectivity index is 2.05. The first-order valence-electron chi connectivity index (χ1n) is 5.77. The number of amides is 1. The maximum Gasteiger partial charge on any atom is 0.311 e. The van der Waals surface area contributed by atoms with Crippen LogP contribution in [0, 0.1) is 5.82 Å². The number of nitrogens with zero attached hydrogens (tertiary/aromatic N) is 1. The van der Waals surface area contributed by atoms with Gasteiger partial charge in [-0.05, 0) is 18.2 Å². The molecule has 0 saturated carbocycles. The van der Waals surface area contributed by atoms with Gasteiger partial charge in [-0.2, -0.15) is 0 Å². The Hall–Kier alpha value is -1.99. The van der Waals surface area contributed by atoms with E-state index < -0.39 is 17.7 Å². The number of halogens is 2. The predicted molar refractivity (Wildman–Crippen MR) is 77.2 cm³/mol. The van der Waals surface area contributed by atoms with Gasteiger partial charge in [0.25, 0.3) is 5.91 Å². The summed E-state index contributed by atoms with van der Waals surface area (Å²) in [7, 11) is 1.28. The highest BCUT2D eigenvalue weighted by Gasteiger charge is 2.12. The van der Waals surface area contributed by atoms with Crippen LogP contribution in [-0.2, 0) is 16.0 Å². The second kappa shape index (κ2) is 6.64. The third-order valence-electron chi connectivity index (χ3n) is 2.51. The number of ether oxygens (including phenoxy) is 1. The molecule has 1 N–H and O–H groups in total. The molecule has 8 heteroatoms. The van der Waals surface area contributed by atoms with Gasteiger partial charge < -0.3 is 4.74 Å². The largest absolute Gasteiger partial charge is 0.469 e. The van der Waals surface area contributed by atoms with Gasteiger partial charge in [-0.1, -0.05) is 11.6 Å². The molecule has 0 unspecified atom stereocenters. The van der Waals surface area contributed by atoms with Gasteiger partial charge in [0.15, 0.2) is 5.13 Å². The lowest BCUT2D eigenvalue weighted by molar-refractivity contribution is -0.139. The zero-order chi connectivity index (χ0) is 15.4. The molecule has 5 nitrogen and oxygen atoms in total. The number of anilines is 1. The summed E-state index contributed by atoms with van der Waals surface area (Å²) in [5.74, 6) is -1.60. The van der Waals surface area contributed by atoms with Gasteiger partial charge in [-0.3, -0.25) is 14.9 Å². The topological polar surface area (TPSA) is 68.3 Å². The van der Waals surface area contributed by atoms with Gasteiger partial charge in [0.2, 0.25) is 0 Å². The van der Waals surface area contributed by atoms with Gasteiger partial charge in [0.1, 0.15) is 5.82 Å². The summed E-state index contributed by atoms with van der Waals surface area (Å²) >= 11 is 6.71. The Morgan fingerprint density at radius 2 is 2.24 bits per heavy atom. The van der Waals surface area contributed by atoms with Crippen molar-refractivity contribution >= 4 is 39.9 Å². The SMILES string of the molecule is COC(=O)Cc1csc(NC(=O)c2ccc(Cl)c(F)c2)n1. The van der Waals surface area contributed by atoms with Crippen LogP contribution in [0.1, 0.15) is 16.1 Å². The molecular weight excluding hydrogens is 319 g/mol. The summed E-state index contributed by atoms with van der Waals surface area (Å²) in [6.07, 6.45) is 0.0262. The first-order chi connectivity index (χ1) is 9.99. The molecule has 21 heavy (non-hydrogen) atoms. The van der Waals surface area contributed by atoms with Crippen molar-refractivity contribution < 1.29 is 18.7 Å². The minimum Gasteiger partial charge on any atom is -0.469 e. The van der Waals surface area contributed by atoms with Crippen LogP contribution in [0.15, 0.2) is 23.6 Å². The molecule has 0 fully saturated rings. The zero-order valence-corrected chi connectivity index (χ0v) is 12.4. The lowest BCUT2D eigenvalue weighted by Crippen LogP contribution is -2.12. The maximum absolute atomic E-state index is 13.3. The summed E-state index contributed by atoms with van der Waals surface area (Å²) < 4.78 is 17.8. The monoisotopic (exact) mass is 328 g/mol. The number of aromatic nitrogens is 1. The minimum absolute atomic E-state index is 0.0262. The lowest BCUT2D eigenvalue weighted by Gasteiger charge is -2.02. The molecule has 2 aromatic rings. The van der Waals surface area contributed by atoms with Crippen LogP contribution in [0.25, 0.3) is 0 Å². The molecule has 110 valence electrons. The second-order valence-corrected chi connectivity index (χ2v) is 5.25. The van der Waals surface area contributed by atoms with Crippen LogP contribution >= 0.6 is 22.9 Å². The molecule has 2 rings (SSSR count). The Morgan fingerprint density at radius 3 is 2.90 bits per heavy atom. The Morgan fingerprint density at radius 1 is 1.48 bits per heavy atom. The molecule has 0 saturated heterocycles. The number of rotatable bonds is 4. The van der Waals surface area contributed by atoms with Crippen LogP contribution in [-0.4, -0.2) is 24.0 Å². The molecule has 0 bridgehead atoms. The summed E-state index contributed by atoms with van der Waals surface area (Å²) in [6.45, 7) is 0. The van der Waals surface area contributed by atoms with Crippen molar-refractivity contribution in [1.29, 1.82) is 0 Å². The van der Waals surface area contributed by atoms with Crippen molar-refractivity contribution in [2.45, 2.75) is 6.42 Å². The number of hydrogen-bond donors (Lipinski definition) is 1. The number of nitrogens with one attached hydrogen (secondary N) is 1. The van der Waals surface area contributed by atoms with Crippen molar-refractivity contribution in [3.05, 3.63) is 45.7 Å². The van der Waals surface area contributed by atoms with Gasteiger partial charge >= 0.3 is 5.97 Å². The highest BCUT2D eigenvalue weighted by molar-refractivity contribution is 7.14. The van der Waals surface area contributed by atoms with E-state index in [0.29, 0.717) is 10.8 Å². The summed E-state index contributed by atoms with van der Waals surface area (Å²) in [5.41, 5.74) is 0.617. The van der Waals surface area contributed by atoms with E-state index in [0.717, 1.165) is 17.4 Å². The number of carbonyl (C=O) groups excluding carboxylic acids is 2. The number of esters is 1. The standard InChI is InChI=1S/C13H10ClFN2O3S/c1-20-11(18)5-8-6-21-13(16-8)17-12(19)7-2-3-9(14)10(15)4-7/h2-4,6H,5H2,1H3,(H,16,17,19). The Bertz CT molecular complexity index is 690. The number of methoxy groups -OCH3 is 1. The summed E-state index contributed by atoms with van der Waals surface area (Å²) in [6, 6.07) is 3.75. The molecule has 1 aromatic heterocycles.